The molecule has 0 aliphatic carbocycles. The minimum absolute atomic E-state index is 0.235. The normalized spacial score (nSPS) is 16.1. The van der Waals surface area contributed by atoms with Gasteiger partial charge in [0.2, 0.25) is 5.72 Å². The van der Waals surface area contributed by atoms with E-state index in [0.717, 1.165) is 6.42 Å². The predicted molar refractivity (Wildman–Crippen MR) is 54.5 cm³/mol. The van der Waals surface area contributed by atoms with Crippen LogP contribution in [0.2, 0.25) is 0 Å². The van der Waals surface area contributed by atoms with Crippen molar-refractivity contribution in [1.29, 1.82) is 0 Å². The molecule has 0 aliphatic rings. The largest absolute Gasteiger partial charge is 0.457 e. The van der Waals surface area contributed by atoms with E-state index in [0.29, 0.717) is 6.42 Å². The quantitative estimate of drug-likeness (QED) is 0.531. The fourth-order valence-electron chi connectivity index (χ4n) is 0.915. The molecule has 3 N–H and O–H groups in total. The number of carbonyl (C=O) groups is 1. The van der Waals surface area contributed by atoms with Crippen LogP contribution in [0.25, 0.3) is 0 Å². The van der Waals surface area contributed by atoms with Gasteiger partial charge in [-0.25, -0.2) is 4.79 Å². The van der Waals surface area contributed by atoms with Crippen molar-refractivity contribution in [3.8, 4) is 0 Å². The first-order chi connectivity index (χ1) is 6.19. The summed E-state index contributed by atoms with van der Waals surface area (Å²) in [7, 11) is 0. The third-order valence-corrected chi connectivity index (χ3v) is 1.66. The molecule has 1 atom stereocenters. The number of nitrogens with two attached hydrogens (primary N) is 1. The summed E-state index contributed by atoms with van der Waals surface area (Å²) < 4.78 is 4.99. The van der Waals surface area contributed by atoms with Gasteiger partial charge < -0.3 is 9.84 Å². The molecule has 0 bridgehead atoms. The van der Waals surface area contributed by atoms with Gasteiger partial charge >= 0.3 is 5.97 Å². The fraction of sp³-hybridized carbons (Fsp3) is 0.900. The van der Waals surface area contributed by atoms with Crippen LogP contribution in [-0.4, -0.2) is 22.4 Å². The highest BCUT2D eigenvalue weighted by Crippen LogP contribution is 2.15. The van der Waals surface area contributed by atoms with Crippen LogP contribution < -0.4 is 5.73 Å². The summed E-state index contributed by atoms with van der Waals surface area (Å²) in [5, 5.41) is 9.58. The molecule has 14 heavy (non-hydrogen) atoms. The van der Waals surface area contributed by atoms with Crippen molar-refractivity contribution < 1.29 is 14.6 Å². The van der Waals surface area contributed by atoms with E-state index < -0.39 is 17.3 Å². The summed E-state index contributed by atoms with van der Waals surface area (Å²) in [6, 6.07) is 0. The summed E-state index contributed by atoms with van der Waals surface area (Å²) >= 11 is 0. The number of rotatable bonds is 4. The van der Waals surface area contributed by atoms with E-state index in [9.17, 15) is 9.90 Å². The van der Waals surface area contributed by atoms with Gasteiger partial charge in [0.1, 0.15) is 5.60 Å². The summed E-state index contributed by atoms with van der Waals surface area (Å²) in [6.45, 7) is 7.17. The van der Waals surface area contributed by atoms with Gasteiger partial charge in [-0.1, -0.05) is 13.3 Å². The lowest BCUT2D eigenvalue weighted by Gasteiger charge is -2.27. The second-order valence-electron chi connectivity index (χ2n) is 4.53. The minimum Gasteiger partial charge on any atom is -0.457 e. The number of aliphatic hydroxyl groups is 1. The first-order valence-electron chi connectivity index (χ1n) is 4.94. The summed E-state index contributed by atoms with van der Waals surface area (Å²) in [5.41, 5.74) is 2.98. The van der Waals surface area contributed by atoms with Crippen LogP contribution in [-0.2, 0) is 9.53 Å². The van der Waals surface area contributed by atoms with Gasteiger partial charge in [0.15, 0.2) is 0 Å². The number of hydrogen-bond acceptors (Lipinski definition) is 4. The molecule has 0 aliphatic heterocycles. The van der Waals surface area contributed by atoms with E-state index >= 15 is 0 Å². The molecule has 0 amide bonds. The van der Waals surface area contributed by atoms with Crippen molar-refractivity contribution in [3.63, 3.8) is 0 Å². The Hall–Kier alpha value is -0.610. The Kier molecular flexibility index (Phi) is 4.55. The summed E-state index contributed by atoms with van der Waals surface area (Å²) in [5.74, 6) is -0.751. The zero-order valence-electron chi connectivity index (χ0n) is 9.46. The Bertz CT molecular complexity index is 194. The Balaban J connectivity index is 4.21. The summed E-state index contributed by atoms with van der Waals surface area (Å²) in [6.07, 6.45) is 1.81. The molecule has 4 nitrogen and oxygen atoms in total. The predicted octanol–water partition coefficient (Wildman–Crippen LogP) is 1.17. The maximum atomic E-state index is 11.4. The van der Waals surface area contributed by atoms with Gasteiger partial charge in [0, 0.05) is 6.42 Å². The second kappa shape index (κ2) is 4.75. The molecule has 0 rings (SSSR count). The lowest BCUT2D eigenvalue weighted by atomic mass is 10.1. The smallest absolute Gasteiger partial charge is 0.353 e. The Morgan fingerprint density at radius 3 is 2.29 bits per heavy atom. The maximum absolute atomic E-state index is 11.4. The van der Waals surface area contributed by atoms with Crippen LogP contribution in [0, 0.1) is 0 Å². The van der Waals surface area contributed by atoms with Crippen LogP contribution in [0.15, 0.2) is 0 Å². The Labute approximate surface area is 85.4 Å². The Morgan fingerprint density at radius 1 is 1.43 bits per heavy atom. The van der Waals surface area contributed by atoms with Gasteiger partial charge in [0.05, 0.1) is 0 Å². The number of unbranched alkanes of at least 4 members (excludes halogenated alkanes) is 1. The number of hydrogen-bond donors (Lipinski definition) is 2. The lowest BCUT2D eigenvalue weighted by Crippen LogP contribution is -2.50. The molecule has 1 unspecified atom stereocenters. The molecule has 0 saturated heterocycles. The Morgan fingerprint density at radius 2 is 1.93 bits per heavy atom. The van der Waals surface area contributed by atoms with Gasteiger partial charge in [-0.05, 0) is 27.2 Å². The molecule has 0 aromatic rings. The van der Waals surface area contributed by atoms with Gasteiger partial charge in [-0.2, -0.15) is 0 Å². The lowest BCUT2D eigenvalue weighted by molar-refractivity contribution is -0.177. The highest BCUT2D eigenvalue weighted by atomic mass is 16.6. The van der Waals surface area contributed by atoms with Crippen LogP contribution >= 0.6 is 0 Å². The van der Waals surface area contributed by atoms with E-state index in [1.807, 2.05) is 6.92 Å². The number of carbonyl (C=O) groups excluding carboxylic acids is 1. The molecule has 84 valence electrons. The van der Waals surface area contributed by atoms with E-state index in [-0.39, 0.29) is 6.42 Å². The number of ether oxygens (including phenoxy) is 1. The van der Waals surface area contributed by atoms with Gasteiger partial charge in [-0.3, -0.25) is 5.73 Å². The first-order valence-corrected chi connectivity index (χ1v) is 4.94. The van der Waals surface area contributed by atoms with Gasteiger partial charge in [-0.15, -0.1) is 0 Å². The SMILES string of the molecule is CCCCC(N)(O)C(=O)OC(C)(C)C. The zero-order chi connectivity index (χ0) is 11.4. The minimum atomic E-state index is -1.84. The molecule has 0 fully saturated rings. The van der Waals surface area contributed by atoms with Crippen molar-refractivity contribution in [1.82, 2.24) is 0 Å². The topological polar surface area (TPSA) is 72.5 Å². The highest BCUT2D eigenvalue weighted by molar-refractivity contribution is 5.78. The fourth-order valence-corrected chi connectivity index (χ4v) is 0.915. The molecule has 4 heteroatoms. The second-order valence-corrected chi connectivity index (χ2v) is 4.53. The monoisotopic (exact) mass is 203 g/mol. The number of esters is 1. The molecule has 0 aromatic heterocycles. The third kappa shape index (κ3) is 5.19. The van der Waals surface area contributed by atoms with Crippen LogP contribution in [0.5, 0.6) is 0 Å². The third-order valence-electron chi connectivity index (χ3n) is 1.66. The highest BCUT2D eigenvalue weighted by Gasteiger charge is 2.34. The van der Waals surface area contributed by atoms with Crippen molar-refractivity contribution in [3.05, 3.63) is 0 Å². The van der Waals surface area contributed by atoms with Crippen molar-refractivity contribution >= 4 is 5.97 Å². The van der Waals surface area contributed by atoms with Crippen LogP contribution in [0.1, 0.15) is 47.0 Å². The molecular weight excluding hydrogens is 182 g/mol. The van der Waals surface area contributed by atoms with E-state index in [4.69, 9.17) is 10.5 Å². The molecule has 0 heterocycles. The molecule has 0 radical (unpaired) electrons. The van der Waals surface area contributed by atoms with Gasteiger partial charge in [0.25, 0.3) is 0 Å². The van der Waals surface area contributed by atoms with Crippen molar-refractivity contribution in [2.45, 2.75) is 58.3 Å². The average Bonchev–Trinajstić information content (AvgIpc) is 1.97. The molecule has 0 saturated carbocycles. The molecular formula is C10H21NO3. The summed E-state index contributed by atoms with van der Waals surface area (Å²) in [4.78, 5) is 11.4. The van der Waals surface area contributed by atoms with Crippen molar-refractivity contribution in [2.75, 3.05) is 0 Å². The molecule has 0 aromatic carbocycles. The standard InChI is InChI=1S/C10H21NO3/c1-5-6-7-10(11,13)8(12)14-9(2,3)4/h13H,5-7,11H2,1-4H3. The zero-order valence-corrected chi connectivity index (χ0v) is 9.46. The van der Waals surface area contributed by atoms with E-state index in [1.165, 1.54) is 0 Å². The van der Waals surface area contributed by atoms with E-state index in [1.54, 1.807) is 20.8 Å². The van der Waals surface area contributed by atoms with E-state index in [2.05, 4.69) is 0 Å². The average molecular weight is 203 g/mol. The maximum Gasteiger partial charge on any atom is 0.353 e. The molecule has 0 spiro atoms. The first kappa shape index (κ1) is 13.4. The van der Waals surface area contributed by atoms with Crippen molar-refractivity contribution in [2.24, 2.45) is 5.73 Å². The van der Waals surface area contributed by atoms with Crippen LogP contribution in [0.4, 0.5) is 0 Å². The van der Waals surface area contributed by atoms with Crippen LogP contribution in [0.3, 0.4) is 0 Å².